The molecular formula is C19H31N6OS+. The van der Waals surface area contributed by atoms with E-state index in [4.69, 9.17) is 0 Å². The van der Waals surface area contributed by atoms with Gasteiger partial charge in [-0.2, -0.15) is 0 Å². The van der Waals surface area contributed by atoms with E-state index in [9.17, 15) is 4.79 Å². The van der Waals surface area contributed by atoms with Crippen LogP contribution in [-0.4, -0.2) is 65.0 Å². The maximum Gasteiger partial charge on any atom is 0.321 e. The molecule has 148 valence electrons. The molecule has 0 radical (unpaired) electrons. The highest BCUT2D eigenvalue weighted by Crippen LogP contribution is 2.41. The van der Waals surface area contributed by atoms with Crippen molar-refractivity contribution in [3.63, 3.8) is 0 Å². The summed E-state index contributed by atoms with van der Waals surface area (Å²) in [5.74, 6) is 0. The van der Waals surface area contributed by atoms with Crippen molar-refractivity contribution in [3.05, 3.63) is 0 Å². The lowest BCUT2D eigenvalue weighted by Crippen LogP contribution is -2.80. The summed E-state index contributed by atoms with van der Waals surface area (Å²) in [6.45, 7) is 4.86. The molecule has 0 unspecified atom stereocenters. The van der Waals surface area contributed by atoms with Crippen molar-refractivity contribution in [2.24, 2.45) is 0 Å². The van der Waals surface area contributed by atoms with Crippen molar-refractivity contribution in [1.82, 2.24) is 15.5 Å². The third-order valence-corrected chi connectivity index (χ3v) is 8.17. The van der Waals surface area contributed by atoms with E-state index >= 15 is 0 Å². The third kappa shape index (κ3) is 3.42. The van der Waals surface area contributed by atoms with Crippen LogP contribution in [0.25, 0.3) is 0 Å². The summed E-state index contributed by atoms with van der Waals surface area (Å²) in [7, 11) is 0. The minimum absolute atomic E-state index is 0.139. The number of hydrogen-bond acceptors (Lipinski definition) is 5. The largest absolute Gasteiger partial charge is 0.335 e. The first kappa shape index (κ1) is 17.7. The molecule has 2 N–H and O–H groups in total. The smallest absolute Gasteiger partial charge is 0.321 e. The van der Waals surface area contributed by atoms with Gasteiger partial charge in [-0.25, -0.2) is 4.79 Å². The van der Waals surface area contributed by atoms with E-state index in [2.05, 4.69) is 25.7 Å². The van der Waals surface area contributed by atoms with Crippen LogP contribution >= 0.6 is 11.3 Å². The SMILES string of the molecule is O=C(Nc1nnc(N2CC[N+]3(C4CCCCC4)CC2C3)s1)NC1CCCC1. The Morgan fingerprint density at radius 3 is 2.48 bits per heavy atom. The zero-order valence-corrected chi connectivity index (χ0v) is 16.8. The average molecular weight is 392 g/mol. The van der Waals surface area contributed by atoms with E-state index in [1.165, 1.54) is 80.4 Å². The Bertz CT molecular complexity index is 670. The first-order valence-electron chi connectivity index (χ1n) is 10.8. The second kappa shape index (κ2) is 7.20. The zero-order valence-electron chi connectivity index (χ0n) is 16.0. The van der Waals surface area contributed by atoms with Crippen LogP contribution in [0.3, 0.4) is 0 Å². The Balaban J connectivity index is 1.16. The summed E-state index contributed by atoms with van der Waals surface area (Å²) >= 11 is 1.51. The van der Waals surface area contributed by atoms with Crippen LogP contribution < -0.4 is 15.5 Å². The minimum atomic E-state index is -0.139. The molecule has 3 aliphatic heterocycles. The molecule has 7 nitrogen and oxygen atoms in total. The predicted molar refractivity (Wildman–Crippen MR) is 107 cm³/mol. The van der Waals surface area contributed by atoms with Crippen LogP contribution in [0.1, 0.15) is 57.8 Å². The van der Waals surface area contributed by atoms with Crippen LogP contribution in [0.2, 0.25) is 0 Å². The Morgan fingerprint density at radius 2 is 1.78 bits per heavy atom. The summed E-state index contributed by atoms with van der Waals surface area (Å²) in [4.78, 5) is 14.6. The Labute approximate surface area is 165 Å². The number of anilines is 2. The van der Waals surface area contributed by atoms with Gasteiger partial charge in [0.1, 0.15) is 19.1 Å². The maximum absolute atomic E-state index is 12.1. The molecule has 6 rings (SSSR count). The lowest BCUT2D eigenvalue weighted by Gasteiger charge is -2.62. The quantitative estimate of drug-likeness (QED) is 0.774. The van der Waals surface area contributed by atoms with Crippen molar-refractivity contribution in [2.75, 3.05) is 36.4 Å². The van der Waals surface area contributed by atoms with Gasteiger partial charge in [0.15, 0.2) is 0 Å². The molecule has 4 heterocycles. The summed E-state index contributed by atoms with van der Waals surface area (Å²) < 4.78 is 1.36. The Hall–Kier alpha value is -1.41. The monoisotopic (exact) mass is 391 g/mol. The van der Waals surface area contributed by atoms with Crippen molar-refractivity contribution < 1.29 is 9.28 Å². The number of fused-ring (bicyclic) bond motifs is 2. The zero-order chi connectivity index (χ0) is 18.3. The van der Waals surface area contributed by atoms with Crippen molar-refractivity contribution >= 4 is 27.6 Å². The molecule has 1 aromatic rings. The van der Waals surface area contributed by atoms with E-state index in [0.717, 1.165) is 30.6 Å². The minimum Gasteiger partial charge on any atom is -0.335 e. The van der Waals surface area contributed by atoms with Gasteiger partial charge in [-0.1, -0.05) is 30.6 Å². The number of rotatable bonds is 4. The molecule has 2 saturated carbocycles. The number of quaternary nitrogens is 1. The number of nitrogens with one attached hydrogen (secondary N) is 2. The summed E-state index contributed by atoms with van der Waals surface area (Å²) in [6, 6.07) is 1.69. The van der Waals surface area contributed by atoms with Crippen LogP contribution in [0.15, 0.2) is 0 Å². The molecule has 5 fully saturated rings. The fraction of sp³-hybridized carbons (Fsp3) is 0.842. The van der Waals surface area contributed by atoms with E-state index in [0.29, 0.717) is 17.2 Å². The summed E-state index contributed by atoms with van der Waals surface area (Å²) in [5, 5.41) is 16.1. The van der Waals surface area contributed by atoms with Gasteiger partial charge in [0.05, 0.1) is 19.1 Å². The highest BCUT2D eigenvalue weighted by molar-refractivity contribution is 7.19. The van der Waals surface area contributed by atoms with Crippen LogP contribution in [0.5, 0.6) is 0 Å². The van der Waals surface area contributed by atoms with Crippen LogP contribution in [0.4, 0.5) is 15.1 Å². The van der Waals surface area contributed by atoms with Crippen molar-refractivity contribution in [3.8, 4) is 0 Å². The predicted octanol–water partition coefficient (Wildman–Crippen LogP) is 2.95. The molecule has 2 amide bonds. The van der Waals surface area contributed by atoms with E-state index in [1.807, 2.05) is 0 Å². The van der Waals surface area contributed by atoms with Gasteiger partial charge in [0, 0.05) is 6.04 Å². The average Bonchev–Trinajstić information content (AvgIpc) is 3.34. The van der Waals surface area contributed by atoms with Gasteiger partial charge in [-0.15, -0.1) is 10.2 Å². The molecule has 8 heteroatoms. The molecule has 0 atom stereocenters. The highest BCUT2D eigenvalue weighted by Gasteiger charge is 2.55. The van der Waals surface area contributed by atoms with Crippen molar-refractivity contribution in [2.45, 2.75) is 75.9 Å². The van der Waals surface area contributed by atoms with Crippen molar-refractivity contribution in [1.29, 1.82) is 0 Å². The molecule has 0 aromatic carbocycles. The van der Waals surface area contributed by atoms with Crippen LogP contribution in [-0.2, 0) is 0 Å². The molecule has 3 saturated heterocycles. The number of carbonyl (C=O) groups excluding carboxylic acids is 1. The van der Waals surface area contributed by atoms with Gasteiger partial charge in [0.25, 0.3) is 0 Å². The number of carbonyl (C=O) groups is 1. The van der Waals surface area contributed by atoms with E-state index in [1.54, 1.807) is 0 Å². The number of aromatic nitrogens is 2. The Kier molecular flexibility index (Phi) is 4.71. The molecule has 1 aromatic heterocycles. The van der Waals surface area contributed by atoms with E-state index in [-0.39, 0.29) is 6.03 Å². The summed E-state index contributed by atoms with van der Waals surface area (Å²) in [5.41, 5.74) is 0. The molecule has 2 aliphatic carbocycles. The molecule has 2 bridgehead atoms. The molecular weight excluding hydrogens is 360 g/mol. The van der Waals surface area contributed by atoms with Gasteiger partial charge < -0.3 is 14.7 Å². The fourth-order valence-corrected chi connectivity index (χ4v) is 6.62. The van der Waals surface area contributed by atoms with Gasteiger partial charge >= 0.3 is 6.03 Å². The highest BCUT2D eigenvalue weighted by atomic mass is 32.1. The Morgan fingerprint density at radius 1 is 1.04 bits per heavy atom. The van der Waals surface area contributed by atoms with Gasteiger partial charge in [0.2, 0.25) is 10.3 Å². The number of hydrogen-bond donors (Lipinski definition) is 2. The van der Waals surface area contributed by atoms with Gasteiger partial charge in [-0.3, -0.25) is 5.32 Å². The summed E-state index contributed by atoms with van der Waals surface area (Å²) in [6.07, 6.45) is 11.7. The normalized spacial score (nSPS) is 31.6. The lowest BCUT2D eigenvalue weighted by molar-refractivity contribution is -0.992. The first-order valence-corrected chi connectivity index (χ1v) is 11.6. The van der Waals surface area contributed by atoms with Crippen LogP contribution in [0, 0.1) is 0 Å². The second-order valence-electron chi connectivity index (χ2n) is 8.92. The maximum atomic E-state index is 12.1. The second-order valence-corrected chi connectivity index (χ2v) is 9.87. The topological polar surface area (TPSA) is 70.2 Å². The third-order valence-electron chi connectivity index (χ3n) is 7.30. The number of amides is 2. The first-order chi connectivity index (χ1) is 13.2. The molecule has 0 spiro atoms. The number of urea groups is 1. The lowest BCUT2D eigenvalue weighted by atomic mass is 9.85. The molecule has 27 heavy (non-hydrogen) atoms. The molecule has 5 aliphatic rings. The number of nitrogens with zero attached hydrogens (tertiary/aromatic N) is 4. The standard InChI is InChI=1S/C19H30N6OS/c26-17(20-14-6-4-5-7-14)21-18-22-23-19(27-18)24-10-11-25(12-15(24)13-25)16-8-2-1-3-9-16/h14-16H,1-13H2,(H-,20,21,22,26)/p+1. The fourth-order valence-electron chi connectivity index (χ4n) is 5.79. The van der Waals surface area contributed by atoms with E-state index < -0.39 is 0 Å². The van der Waals surface area contributed by atoms with Gasteiger partial charge in [-0.05, 0) is 38.5 Å². The number of piperazine rings is 2.